The summed E-state index contributed by atoms with van der Waals surface area (Å²) in [4.78, 5) is 24.9. The second-order valence-electron chi connectivity index (χ2n) is 9.46. The molecule has 2 N–H and O–H groups in total. The molecule has 1 saturated heterocycles. The highest BCUT2D eigenvalue weighted by Crippen LogP contribution is 2.32. The minimum Gasteiger partial charge on any atom is -0.355 e. The van der Waals surface area contributed by atoms with Gasteiger partial charge in [-0.3, -0.25) is 14.3 Å². The van der Waals surface area contributed by atoms with E-state index >= 15 is 0 Å². The molecular weight excluding hydrogens is 438 g/mol. The van der Waals surface area contributed by atoms with Crippen LogP contribution in [0.3, 0.4) is 0 Å². The van der Waals surface area contributed by atoms with E-state index in [4.69, 9.17) is 5.73 Å². The molecule has 0 radical (unpaired) electrons. The van der Waals surface area contributed by atoms with Crippen LogP contribution in [0.2, 0.25) is 0 Å². The fourth-order valence-corrected chi connectivity index (χ4v) is 4.87. The highest BCUT2D eigenvalue weighted by Gasteiger charge is 2.28. The third-order valence-electron chi connectivity index (χ3n) is 6.57. The molecule has 1 aliphatic heterocycles. The maximum Gasteiger partial charge on any atom is 0.278 e. The van der Waals surface area contributed by atoms with Crippen LogP contribution < -0.4 is 16.2 Å². The molecule has 5 rings (SSSR count). The molecule has 35 heavy (non-hydrogen) atoms. The predicted octanol–water partition coefficient (Wildman–Crippen LogP) is 3.56. The first-order chi connectivity index (χ1) is 17.0. The Bertz CT molecular complexity index is 1540. The summed E-state index contributed by atoms with van der Waals surface area (Å²) >= 11 is 0. The van der Waals surface area contributed by atoms with Gasteiger partial charge in [-0.25, -0.2) is 4.98 Å². The highest BCUT2D eigenvalue weighted by molar-refractivity contribution is 5.89. The maximum atomic E-state index is 13.8. The lowest BCUT2D eigenvalue weighted by atomic mass is 10.1. The number of nitrogens with two attached hydrogens (primary N) is 1. The van der Waals surface area contributed by atoms with Crippen molar-refractivity contribution in [3.8, 4) is 6.07 Å². The second kappa shape index (κ2) is 9.35. The van der Waals surface area contributed by atoms with Crippen LogP contribution in [0.1, 0.15) is 37.8 Å². The average molecular weight is 468 g/mol. The van der Waals surface area contributed by atoms with Gasteiger partial charge in [0.1, 0.15) is 28.5 Å². The number of fused-ring (bicyclic) bond motifs is 2. The van der Waals surface area contributed by atoms with Gasteiger partial charge < -0.3 is 15.2 Å². The van der Waals surface area contributed by atoms with Crippen molar-refractivity contribution >= 4 is 27.8 Å². The summed E-state index contributed by atoms with van der Waals surface area (Å²) in [6.07, 6.45) is 7.30. The Balaban J connectivity index is 1.66. The number of anilines is 1. The van der Waals surface area contributed by atoms with Gasteiger partial charge in [0.15, 0.2) is 0 Å². The van der Waals surface area contributed by atoms with Crippen LogP contribution in [0.25, 0.3) is 21.9 Å². The highest BCUT2D eigenvalue weighted by atomic mass is 16.1. The van der Waals surface area contributed by atoms with Crippen LogP contribution in [0.5, 0.6) is 0 Å². The zero-order valence-electron chi connectivity index (χ0n) is 20.1. The average Bonchev–Trinajstić information content (AvgIpc) is 3.18. The van der Waals surface area contributed by atoms with Crippen LogP contribution in [-0.4, -0.2) is 38.2 Å². The second-order valence-corrected chi connectivity index (χ2v) is 9.46. The molecule has 1 unspecified atom stereocenters. The van der Waals surface area contributed by atoms with Gasteiger partial charge in [0.25, 0.3) is 5.56 Å². The fraction of sp³-hybridized carbons (Fsp3) is 0.333. The fourth-order valence-electron chi connectivity index (χ4n) is 4.87. The molecule has 4 heterocycles. The molecule has 4 aromatic rings. The molecule has 0 aliphatic carbocycles. The molecule has 1 fully saturated rings. The van der Waals surface area contributed by atoms with E-state index in [-0.39, 0.29) is 11.6 Å². The summed E-state index contributed by atoms with van der Waals surface area (Å²) in [6.45, 7) is 6.37. The number of piperidine rings is 1. The number of nitriles is 1. The number of allylic oxidation sites excluding steroid dienone is 2. The summed E-state index contributed by atoms with van der Waals surface area (Å²) in [6, 6.07) is 12.3. The van der Waals surface area contributed by atoms with E-state index in [2.05, 4.69) is 27.0 Å². The van der Waals surface area contributed by atoms with Crippen LogP contribution in [0.15, 0.2) is 59.3 Å². The smallest absolute Gasteiger partial charge is 0.278 e. The number of nitrogens with zero attached hydrogens (tertiary/aromatic N) is 6. The van der Waals surface area contributed by atoms with E-state index < -0.39 is 0 Å². The van der Waals surface area contributed by atoms with Crippen LogP contribution in [0, 0.1) is 11.3 Å². The van der Waals surface area contributed by atoms with Gasteiger partial charge in [-0.1, -0.05) is 23.8 Å². The lowest BCUT2D eigenvalue weighted by Crippen LogP contribution is -2.44. The maximum absolute atomic E-state index is 13.8. The van der Waals surface area contributed by atoms with Gasteiger partial charge >= 0.3 is 0 Å². The SMILES string of the molecule is CC(C)=CCn1c(N2CCCC(N)C2)c(C#N)c2ncn(Cc3ccc4ncccc4c3)c(=O)c21. The Labute approximate surface area is 203 Å². The molecule has 0 amide bonds. The van der Waals surface area contributed by atoms with Gasteiger partial charge in [0.05, 0.1) is 18.4 Å². The molecule has 3 aromatic heterocycles. The quantitative estimate of drug-likeness (QED) is 0.450. The van der Waals surface area contributed by atoms with Gasteiger partial charge in [0, 0.05) is 37.3 Å². The van der Waals surface area contributed by atoms with Gasteiger partial charge in [-0.05, 0) is 50.5 Å². The van der Waals surface area contributed by atoms with E-state index in [1.807, 2.05) is 48.7 Å². The Morgan fingerprint density at radius 1 is 1.29 bits per heavy atom. The van der Waals surface area contributed by atoms with E-state index in [0.717, 1.165) is 47.2 Å². The molecule has 1 aliphatic rings. The zero-order chi connectivity index (χ0) is 24.5. The van der Waals surface area contributed by atoms with Gasteiger partial charge in [-0.2, -0.15) is 5.26 Å². The number of benzene rings is 1. The van der Waals surface area contributed by atoms with Crippen molar-refractivity contribution in [3.05, 3.63) is 76.0 Å². The van der Waals surface area contributed by atoms with Crippen molar-refractivity contribution in [1.82, 2.24) is 19.1 Å². The van der Waals surface area contributed by atoms with E-state index in [9.17, 15) is 10.1 Å². The first kappa shape index (κ1) is 22.8. The van der Waals surface area contributed by atoms with Crippen LogP contribution >= 0.6 is 0 Å². The molecule has 1 aromatic carbocycles. The third kappa shape index (κ3) is 4.31. The Hall–Kier alpha value is -3.96. The lowest BCUT2D eigenvalue weighted by molar-refractivity contribution is 0.498. The van der Waals surface area contributed by atoms with Crippen molar-refractivity contribution in [2.45, 2.75) is 45.8 Å². The minimum absolute atomic E-state index is 0.0391. The predicted molar refractivity (Wildman–Crippen MR) is 138 cm³/mol. The number of rotatable bonds is 5. The molecule has 178 valence electrons. The first-order valence-electron chi connectivity index (χ1n) is 12.0. The van der Waals surface area contributed by atoms with Crippen molar-refractivity contribution in [1.29, 1.82) is 5.26 Å². The Morgan fingerprint density at radius 2 is 2.14 bits per heavy atom. The van der Waals surface area contributed by atoms with Crippen LogP contribution in [-0.2, 0) is 13.1 Å². The third-order valence-corrected chi connectivity index (χ3v) is 6.57. The topological polar surface area (TPSA) is 106 Å². The molecule has 0 spiro atoms. The standard InChI is InChI=1S/C27H29N7O/c1-18(2)9-12-34-25-24(22(14-28)26(34)32-11-4-6-21(29)16-32)31-17-33(27(25)35)15-19-7-8-23-20(13-19)5-3-10-30-23/h3,5,7-10,13,17,21H,4,6,11-12,15-16,29H2,1-2H3. The molecule has 8 heteroatoms. The monoisotopic (exact) mass is 467 g/mol. The van der Waals surface area contributed by atoms with Crippen LogP contribution in [0.4, 0.5) is 5.82 Å². The molecule has 8 nitrogen and oxygen atoms in total. The van der Waals surface area contributed by atoms with Crippen molar-refractivity contribution < 1.29 is 0 Å². The molecule has 0 saturated carbocycles. The number of hydrogen-bond acceptors (Lipinski definition) is 6. The molecular formula is C27H29N7O. The summed E-state index contributed by atoms with van der Waals surface area (Å²) in [5.41, 5.74) is 10.5. The Morgan fingerprint density at radius 3 is 2.91 bits per heavy atom. The summed E-state index contributed by atoms with van der Waals surface area (Å²) in [5, 5.41) is 11.1. The molecule has 0 bridgehead atoms. The normalized spacial score (nSPS) is 15.9. The van der Waals surface area contributed by atoms with E-state index in [1.54, 1.807) is 17.1 Å². The minimum atomic E-state index is -0.160. The largest absolute Gasteiger partial charge is 0.355 e. The summed E-state index contributed by atoms with van der Waals surface area (Å²) < 4.78 is 3.57. The molecule has 1 atom stereocenters. The number of pyridine rings is 1. The Kier molecular flexibility index (Phi) is 6.10. The van der Waals surface area contributed by atoms with E-state index in [1.165, 1.54) is 0 Å². The summed E-state index contributed by atoms with van der Waals surface area (Å²) in [5.74, 6) is 0.745. The van der Waals surface area contributed by atoms with Crippen molar-refractivity contribution in [2.75, 3.05) is 18.0 Å². The van der Waals surface area contributed by atoms with Crippen molar-refractivity contribution in [2.24, 2.45) is 5.73 Å². The lowest BCUT2D eigenvalue weighted by Gasteiger charge is -2.33. The summed E-state index contributed by atoms with van der Waals surface area (Å²) in [7, 11) is 0. The van der Waals surface area contributed by atoms with Crippen molar-refractivity contribution in [3.63, 3.8) is 0 Å². The number of aromatic nitrogens is 4. The van der Waals surface area contributed by atoms with E-state index in [0.29, 0.717) is 36.2 Å². The zero-order valence-corrected chi connectivity index (χ0v) is 20.1. The van der Waals surface area contributed by atoms with Gasteiger partial charge in [-0.15, -0.1) is 0 Å². The number of hydrogen-bond donors (Lipinski definition) is 1. The first-order valence-corrected chi connectivity index (χ1v) is 12.0. The van der Waals surface area contributed by atoms with Gasteiger partial charge in [0.2, 0.25) is 0 Å².